The molecule has 5 rings (SSSR count). The maximum atomic E-state index is 14.8. The van der Waals surface area contributed by atoms with Gasteiger partial charge in [0.15, 0.2) is 0 Å². The van der Waals surface area contributed by atoms with Crippen LogP contribution >= 0.6 is 0 Å². The molecule has 0 saturated carbocycles. The number of fused-ring (bicyclic) bond motifs is 1. The van der Waals surface area contributed by atoms with Gasteiger partial charge in [-0.25, -0.2) is 4.39 Å². The number of benzene rings is 1. The number of hydrogen-bond donors (Lipinski definition) is 3. The predicted molar refractivity (Wildman–Crippen MR) is 146 cm³/mol. The van der Waals surface area contributed by atoms with Crippen LogP contribution in [0, 0.1) is 0 Å². The Labute approximate surface area is 225 Å². The second-order valence-corrected chi connectivity index (χ2v) is 10.8. The van der Waals surface area contributed by atoms with Crippen LogP contribution in [-0.4, -0.2) is 72.9 Å². The molecule has 1 aliphatic rings. The summed E-state index contributed by atoms with van der Waals surface area (Å²) < 4.78 is 23.3. The van der Waals surface area contributed by atoms with Crippen LogP contribution in [0.1, 0.15) is 49.1 Å². The number of nitrogen functional groups attached to an aromatic ring is 1. The normalized spacial score (nSPS) is 18.4. The molecule has 206 valence electrons. The number of hydrogen-bond acceptors (Lipinski definition) is 9. The summed E-state index contributed by atoms with van der Waals surface area (Å²) in [6.45, 7) is 11.1. The van der Waals surface area contributed by atoms with Gasteiger partial charge in [0.1, 0.15) is 11.7 Å². The number of aromatic nitrogens is 6. The number of nitrogens with one attached hydrogen (secondary N) is 2. The minimum Gasteiger partial charge on any atom is -0.399 e. The Morgan fingerprint density at radius 2 is 2.15 bits per heavy atom. The van der Waals surface area contributed by atoms with Crippen LogP contribution in [0.3, 0.4) is 0 Å². The molecule has 1 fully saturated rings. The SMILES string of the molecule is C=Cc1c2cc(N)cc(N[C@@H]3CCN(C)C[C@@H]3F)c2nn1-c1noc(CNC(=O)c2cnn(C(C)(C)C)c2)n1. The molecule has 3 aromatic heterocycles. The number of piperidine rings is 1. The Morgan fingerprint density at radius 1 is 1.36 bits per heavy atom. The van der Waals surface area contributed by atoms with E-state index in [1.165, 1.54) is 10.9 Å². The van der Waals surface area contributed by atoms with Gasteiger partial charge in [0, 0.05) is 30.4 Å². The number of nitrogens with zero attached hydrogens (tertiary/aromatic N) is 7. The first-order valence-corrected chi connectivity index (χ1v) is 12.7. The lowest BCUT2D eigenvalue weighted by Gasteiger charge is -2.33. The Morgan fingerprint density at radius 3 is 2.85 bits per heavy atom. The first-order valence-electron chi connectivity index (χ1n) is 12.7. The third kappa shape index (κ3) is 5.35. The molecule has 2 atom stereocenters. The maximum Gasteiger partial charge on any atom is 0.291 e. The van der Waals surface area contributed by atoms with Crippen molar-refractivity contribution in [3.8, 4) is 5.95 Å². The molecule has 4 N–H and O–H groups in total. The molecule has 0 radical (unpaired) electrons. The lowest BCUT2D eigenvalue weighted by atomic mass is 10.0. The van der Waals surface area contributed by atoms with Crippen molar-refractivity contribution in [3.63, 3.8) is 0 Å². The zero-order valence-corrected chi connectivity index (χ0v) is 22.5. The van der Waals surface area contributed by atoms with Gasteiger partial charge in [-0.1, -0.05) is 6.58 Å². The van der Waals surface area contributed by atoms with Crippen LogP contribution in [0.5, 0.6) is 0 Å². The van der Waals surface area contributed by atoms with E-state index in [4.69, 9.17) is 15.4 Å². The largest absolute Gasteiger partial charge is 0.399 e. The van der Waals surface area contributed by atoms with E-state index < -0.39 is 6.17 Å². The Hall–Kier alpha value is -4.26. The van der Waals surface area contributed by atoms with Crippen molar-refractivity contribution < 1.29 is 13.7 Å². The highest BCUT2D eigenvalue weighted by molar-refractivity contribution is 5.98. The number of halogens is 1. The van der Waals surface area contributed by atoms with Crippen molar-refractivity contribution in [1.82, 2.24) is 39.9 Å². The van der Waals surface area contributed by atoms with Gasteiger partial charge < -0.3 is 25.8 Å². The number of carbonyl (C=O) groups excluding carboxylic acids is 1. The summed E-state index contributed by atoms with van der Waals surface area (Å²) in [7, 11) is 1.91. The summed E-state index contributed by atoms with van der Waals surface area (Å²) in [5.41, 5.74) is 8.69. The summed E-state index contributed by atoms with van der Waals surface area (Å²) in [5.74, 6) is 0.0480. The highest BCUT2D eigenvalue weighted by atomic mass is 19.1. The second-order valence-electron chi connectivity index (χ2n) is 10.8. The van der Waals surface area contributed by atoms with Crippen molar-refractivity contribution in [1.29, 1.82) is 0 Å². The average Bonchev–Trinajstić information content (AvgIpc) is 3.62. The van der Waals surface area contributed by atoms with E-state index >= 15 is 0 Å². The quantitative estimate of drug-likeness (QED) is 0.304. The van der Waals surface area contributed by atoms with Crippen molar-refractivity contribution in [2.75, 3.05) is 31.2 Å². The predicted octanol–water partition coefficient (Wildman–Crippen LogP) is 2.97. The molecule has 0 unspecified atom stereocenters. The Bertz CT molecular complexity index is 1510. The van der Waals surface area contributed by atoms with E-state index in [1.54, 1.807) is 29.1 Å². The fraction of sp³-hybridized carbons (Fsp3) is 0.423. The molecule has 39 heavy (non-hydrogen) atoms. The van der Waals surface area contributed by atoms with Crippen LogP contribution in [0.25, 0.3) is 22.9 Å². The molecule has 0 spiro atoms. The van der Waals surface area contributed by atoms with Gasteiger partial charge in [0.2, 0.25) is 5.89 Å². The first kappa shape index (κ1) is 26.4. The van der Waals surface area contributed by atoms with Gasteiger partial charge in [0.25, 0.3) is 11.9 Å². The molecule has 1 saturated heterocycles. The van der Waals surface area contributed by atoms with Gasteiger partial charge in [-0.3, -0.25) is 9.48 Å². The molecular formula is C26H33FN10O2. The minimum atomic E-state index is -1.03. The first-order chi connectivity index (χ1) is 18.5. The summed E-state index contributed by atoms with van der Waals surface area (Å²) in [6.07, 6.45) is 4.45. The van der Waals surface area contributed by atoms with Crippen LogP contribution in [0.15, 0.2) is 35.6 Å². The molecule has 13 heteroatoms. The number of alkyl halides is 1. The van der Waals surface area contributed by atoms with Gasteiger partial charge in [-0.05, 0) is 57.6 Å². The fourth-order valence-electron chi connectivity index (χ4n) is 4.57. The zero-order chi connectivity index (χ0) is 27.9. The molecule has 0 bridgehead atoms. The average molecular weight is 537 g/mol. The standard InChI is InChI=1S/C26H33FN10O2/c1-6-21-17-9-16(28)10-20(31-19-7-8-35(5)14-18(19)27)23(17)33-37(21)25-32-22(39-34-25)12-29-24(38)15-11-30-36(13-15)26(2,3)4/h6,9-11,13,18-19,31H,1,7-8,12,14,28H2,2-5H3,(H,29,38)/t18-,19+/m0/s1. The van der Waals surface area contributed by atoms with Crippen molar-refractivity contribution in [3.05, 3.63) is 48.3 Å². The molecule has 1 amide bonds. The van der Waals surface area contributed by atoms with E-state index in [0.29, 0.717) is 46.5 Å². The van der Waals surface area contributed by atoms with E-state index in [0.717, 1.165) is 6.54 Å². The summed E-state index contributed by atoms with van der Waals surface area (Å²) in [6, 6.07) is 3.16. The molecule has 4 heterocycles. The number of anilines is 2. The molecule has 12 nitrogen and oxygen atoms in total. The monoisotopic (exact) mass is 536 g/mol. The molecular weight excluding hydrogens is 503 g/mol. The zero-order valence-electron chi connectivity index (χ0n) is 22.5. The van der Waals surface area contributed by atoms with E-state index in [1.807, 2.05) is 32.7 Å². The number of nitrogens with two attached hydrogens (primary N) is 1. The van der Waals surface area contributed by atoms with Crippen LogP contribution in [-0.2, 0) is 12.1 Å². The lowest BCUT2D eigenvalue weighted by Crippen LogP contribution is -2.46. The van der Waals surface area contributed by atoms with E-state index in [2.05, 4.69) is 32.5 Å². The summed E-state index contributed by atoms with van der Waals surface area (Å²) in [5, 5.41) is 19.8. The van der Waals surface area contributed by atoms with Gasteiger partial charge in [-0.2, -0.15) is 19.9 Å². The maximum absolute atomic E-state index is 14.8. The van der Waals surface area contributed by atoms with Gasteiger partial charge in [-0.15, -0.1) is 0 Å². The molecule has 1 aromatic carbocycles. The Balaban J connectivity index is 1.37. The fourth-order valence-corrected chi connectivity index (χ4v) is 4.57. The van der Waals surface area contributed by atoms with Gasteiger partial charge in [0.05, 0.1) is 41.3 Å². The lowest BCUT2D eigenvalue weighted by molar-refractivity contribution is 0.0946. The number of likely N-dealkylation sites (tertiary alicyclic amines) is 1. The smallest absolute Gasteiger partial charge is 0.291 e. The van der Waals surface area contributed by atoms with Crippen molar-refractivity contribution in [2.24, 2.45) is 0 Å². The van der Waals surface area contributed by atoms with Gasteiger partial charge >= 0.3 is 0 Å². The van der Waals surface area contributed by atoms with E-state index in [9.17, 15) is 9.18 Å². The number of rotatable bonds is 7. The van der Waals surface area contributed by atoms with Crippen LogP contribution < -0.4 is 16.4 Å². The summed E-state index contributed by atoms with van der Waals surface area (Å²) in [4.78, 5) is 19.0. The topological polar surface area (TPSA) is 145 Å². The highest BCUT2D eigenvalue weighted by Gasteiger charge is 2.29. The highest BCUT2D eigenvalue weighted by Crippen LogP contribution is 2.32. The molecule has 0 aliphatic carbocycles. The minimum absolute atomic E-state index is 0.0184. The summed E-state index contributed by atoms with van der Waals surface area (Å²) >= 11 is 0. The van der Waals surface area contributed by atoms with Crippen LogP contribution in [0.4, 0.5) is 15.8 Å². The van der Waals surface area contributed by atoms with Crippen molar-refractivity contribution >= 4 is 34.3 Å². The Kier molecular flexibility index (Phi) is 6.85. The third-order valence-corrected chi connectivity index (χ3v) is 6.69. The number of amides is 1. The van der Waals surface area contributed by atoms with Crippen molar-refractivity contribution in [2.45, 2.75) is 51.5 Å². The third-order valence-electron chi connectivity index (χ3n) is 6.69. The second kappa shape index (κ2) is 10.1. The van der Waals surface area contributed by atoms with E-state index in [-0.39, 0.29) is 35.9 Å². The number of carbonyl (C=O) groups is 1. The molecule has 1 aliphatic heterocycles. The molecule has 4 aromatic rings. The van der Waals surface area contributed by atoms with Crippen LogP contribution in [0.2, 0.25) is 0 Å².